The summed E-state index contributed by atoms with van der Waals surface area (Å²) in [6.07, 6.45) is 7.12. The average molecular weight is 918 g/mol. The fourth-order valence-corrected chi connectivity index (χ4v) is 44.7. The molecule has 0 radical (unpaired) electrons. The minimum absolute atomic E-state index is 0.000967. The average Bonchev–Trinajstić information content (AvgIpc) is 3.80. The van der Waals surface area contributed by atoms with E-state index in [1.54, 1.807) is 0 Å². The second-order valence-corrected chi connectivity index (χ2v) is 62.7. The molecule has 3 aliphatic rings. The molecule has 0 spiro atoms. The molecule has 0 N–H and O–H groups in total. The van der Waals surface area contributed by atoms with Gasteiger partial charge in [0.1, 0.15) is 0 Å². The number of benzene rings is 5. The fourth-order valence-electron chi connectivity index (χ4n) is 11.9. The summed E-state index contributed by atoms with van der Waals surface area (Å²) < 4.78 is 6.43. The van der Waals surface area contributed by atoms with Gasteiger partial charge in [-0.05, 0) is 0 Å². The molecule has 3 aliphatic carbocycles. The van der Waals surface area contributed by atoms with E-state index in [1.807, 2.05) is 7.11 Å². The van der Waals surface area contributed by atoms with Crippen LogP contribution in [0, 0.1) is 41.5 Å². The summed E-state index contributed by atoms with van der Waals surface area (Å²) in [6, 6.07) is 26.2. The second-order valence-electron chi connectivity index (χ2n) is 20.2. The molecule has 5 aromatic carbocycles. The van der Waals surface area contributed by atoms with Gasteiger partial charge in [-0.1, -0.05) is 0 Å². The van der Waals surface area contributed by atoms with Gasteiger partial charge in [-0.2, -0.15) is 0 Å². The van der Waals surface area contributed by atoms with Gasteiger partial charge in [-0.25, -0.2) is 0 Å². The van der Waals surface area contributed by atoms with Crippen LogP contribution in [0.15, 0.2) is 77.9 Å². The first-order chi connectivity index (χ1) is 27.6. The summed E-state index contributed by atoms with van der Waals surface area (Å²) in [5, 5.41) is 0. The van der Waals surface area contributed by atoms with Crippen molar-refractivity contribution in [3.63, 3.8) is 0 Å². The third-order valence-electron chi connectivity index (χ3n) is 14.1. The van der Waals surface area contributed by atoms with E-state index >= 15 is 0 Å². The van der Waals surface area contributed by atoms with Crippen molar-refractivity contribution in [1.29, 1.82) is 0 Å². The van der Waals surface area contributed by atoms with Gasteiger partial charge >= 0.3 is 367 Å². The molecule has 0 saturated heterocycles. The van der Waals surface area contributed by atoms with Crippen molar-refractivity contribution in [2.45, 2.75) is 121 Å². The predicted molar refractivity (Wildman–Crippen MR) is 257 cm³/mol. The molecular formula is C54H63Cl2OSiZr. The Balaban J connectivity index is 1.43. The van der Waals surface area contributed by atoms with Crippen LogP contribution in [0.3, 0.4) is 0 Å². The number of allylic oxidation sites excluding steroid dienone is 2. The van der Waals surface area contributed by atoms with Crippen LogP contribution in [-0.2, 0) is 27.4 Å². The Hall–Kier alpha value is -2.94. The van der Waals surface area contributed by atoms with E-state index < -0.39 is 21.5 Å². The Morgan fingerprint density at radius 1 is 0.593 bits per heavy atom. The normalized spacial score (nSPS) is 19.3. The van der Waals surface area contributed by atoms with E-state index in [-0.39, 0.29) is 12.7 Å². The van der Waals surface area contributed by atoms with Crippen molar-refractivity contribution < 1.29 is 20.3 Å². The number of aryl methyl sites for hydroxylation is 6. The Morgan fingerprint density at radius 2 is 1.03 bits per heavy atom. The Kier molecular flexibility index (Phi) is 10.8. The van der Waals surface area contributed by atoms with E-state index in [4.69, 9.17) is 21.8 Å². The molecule has 5 heteroatoms. The zero-order valence-corrected chi connectivity index (χ0v) is 43.0. The molecule has 8 rings (SSSR count). The van der Waals surface area contributed by atoms with E-state index in [1.165, 1.54) is 111 Å². The Morgan fingerprint density at radius 3 is 1.49 bits per heavy atom. The van der Waals surface area contributed by atoms with Gasteiger partial charge in [-0.15, -0.1) is 0 Å². The fraction of sp³-hybridized carbons (Fsp3) is 0.370. The van der Waals surface area contributed by atoms with Gasteiger partial charge in [0.15, 0.2) is 0 Å². The van der Waals surface area contributed by atoms with Gasteiger partial charge in [0.2, 0.25) is 0 Å². The number of hydrogen-bond donors (Lipinski definition) is 0. The topological polar surface area (TPSA) is 9.23 Å². The quantitative estimate of drug-likeness (QED) is 0.148. The van der Waals surface area contributed by atoms with Crippen LogP contribution in [0.4, 0.5) is 0 Å². The first kappa shape index (κ1) is 42.7. The molecule has 0 aromatic heterocycles. The first-order valence-electron chi connectivity index (χ1n) is 21.8. The molecule has 0 bridgehead atoms. The van der Waals surface area contributed by atoms with E-state index in [2.05, 4.69) is 168 Å². The van der Waals surface area contributed by atoms with Gasteiger partial charge in [0, 0.05) is 0 Å². The molecule has 0 fully saturated rings. The second kappa shape index (κ2) is 14.9. The molecule has 0 saturated carbocycles. The predicted octanol–water partition coefficient (Wildman–Crippen LogP) is 15.9. The maximum atomic E-state index is 9.00. The van der Waals surface area contributed by atoms with Crippen molar-refractivity contribution in [2.24, 2.45) is 0 Å². The third kappa shape index (κ3) is 6.88. The summed E-state index contributed by atoms with van der Waals surface area (Å²) in [6.45, 7) is 29.9. The van der Waals surface area contributed by atoms with Crippen molar-refractivity contribution in [3.8, 4) is 28.0 Å². The molecule has 1 nitrogen and oxygen atoms in total. The van der Waals surface area contributed by atoms with Crippen molar-refractivity contribution in [2.75, 3.05) is 7.11 Å². The van der Waals surface area contributed by atoms with E-state index in [0.29, 0.717) is 5.92 Å². The Bertz CT molecular complexity index is 2590. The summed E-state index contributed by atoms with van der Waals surface area (Å²) in [5.41, 5.74) is 26.2. The molecule has 5 aromatic rings. The van der Waals surface area contributed by atoms with Gasteiger partial charge in [0.05, 0.1) is 0 Å². The summed E-state index contributed by atoms with van der Waals surface area (Å²) in [5.74, 6) is -0.497. The zero-order chi connectivity index (χ0) is 42.7. The minimum atomic E-state index is -5.10. The van der Waals surface area contributed by atoms with E-state index in [9.17, 15) is 0 Å². The van der Waals surface area contributed by atoms with E-state index in [0.717, 1.165) is 18.6 Å². The zero-order valence-electron chi connectivity index (χ0n) is 37.9. The standard InChI is InChI=1S/C29H29.C23H27O.C2H7Si.2ClH.Zr/c1-17-8-18(2)11-22(10-17)25-6-7-26-28(25)16-23-12-21(5)15-27(23)29(26)24-13-19(3)9-20(4)14-24;1-14-8-15(2)11-18(10-14)21-19-12-16(3)9-17(19)13-20(22(21)24-7)23(4,5)6;1-3-2;;;/h8-16,25H,6-7H2,1-5H3;8-13H,1-7H3;3H,1-2H3;2*1H;/q;;;;;+2/p-2. The van der Waals surface area contributed by atoms with Crippen LogP contribution >= 0.6 is 17.0 Å². The van der Waals surface area contributed by atoms with Crippen molar-refractivity contribution >= 4 is 35.1 Å². The molecule has 0 amide bonds. The van der Waals surface area contributed by atoms with Crippen LogP contribution in [-0.4, -0.2) is 13.0 Å². The number of fused-ring (bicyclic) bond motifs is 3. The van der Waals surface area contributed by atoms with Gasteiger partial charge in [-0.3, -0.25) is 0 Å². The van der Waals surface area contributed by atoms with Crippen LogP contribution in [0.2, 0.25) is 13.1 Å². The molecule has 3 unspecified atom stereocenters. The molecule has 0 aliphatic heterocycles. The number of halogens is 2. The van der Waals surface area contributed by atoms with Gasteiger partial charge < -0.3 is 0 Å². The molecular weight excluding hydrogens is 855 g/mol. The molecule has 59 heavy (non-hydrogen) atoms. The number of ether oxygens (including phenoxy) is 1. The summed E-state index contributed by atoms with van der Waals surface area (Å²) in [4.78, 5) is 0. The number of methoxy groups -OCH3 is 1. The molecule has 307 valence electrons. The van der Waals surface area contributed by atoms with Crippen LogP contribution < -0.4 is 4.74 Å². The monoisotopic (exact) mass is 915 g/mol. The van der Waals surface area contributed by atoms with Crippen LogP contribution in [0.1, 0.15) is 132 Å². The number of hydrogen-bond acceptors (Lipinski definition) is 1. The Labute approximate surface area is 364 Å². The first-order valence-corrected chi connectivity index (χ1v) is 38.1. The summed E-state index contributed by atoms with van der Waals surface area (Å²) in [7, 11) is 19.8. The summed E-state index contributed by atoms with van der Waals surface area (Å²) >= 11 is -5.10. The van der Waals surface area contributed by atoms with Crippen molar-refractivity contribution in [3.05, 3.63) is 156 Å². The van der Waals surface area contributed by atoms with Crippen molar-refractivity contribution in [1.82, 2.24) is 0 Å². The molecule has 3 atom stereocenters. The number of rotatable bonds is 7. The van der Waals surface area contributed by atoms with Crippen LogP contribution in [0.25, 0.3) is 34.4 Å². The maximum absolute atomic E-state index is 9.00. The SMILES string of the molecule is COc1c(C(C)(C)C)cc2c(c1-c1cc(C)cc(C)c1)C=C(C)[CH]2[Zr]([Cl])([Cl])([CH]1C(C)=Cc2c1cc1c(c2-c2cc(C)cc(C)c2)CCC1c1cc(C)cc(C)c1)[SiH](C)C. The third-order valence-corrected chi connectivity index (χ3v) is 66.4. The molecule has 0 heterocycles. The van der Waals surface area contributed by atoms with Gasteiger partial charge in [0.25, 0.3) is 0 Å². The van der Waals surface area contributed by atoms with Crippen LogP contribution in [0.5, 0.6) is 5.75 Å².